The maximum absolute atomic E-state index is 2.59. The molecule has 0 aliphatic heterocycles. The predicted octanol–water partition coefficient (Wildman–Crippen LogP) is 12.4. The Morgan fingerprint density at radius 1 is 0.517 bits per heavy atom. The number of rotatable bonds is 7. The molecule has 0 aromatic heterocycles. The summed E-state index contributed by atoms with van der Waals surface area (Å²) in [5.74, 6) is 0. The molecule has 0 N–H and O–H groups in total. The van der Waals surface area contributed by atoms with E-state index < -0.39 is 28.2 Å². The zero-order valence-electron chi connectivity index (χ0n) is 34.6. The first-order valence-electron chi connectivity index (χ1n) is 20.8. The first kappa shape index (κ1) is 38.3. The van der Waals surface area contributed by atoms with Crippen molar-refractivity contribution in [3.05, 3.63) is 249 Å². The molecule has 0 fully saturated rings. The molecule has 0 bridgehead atoms. The summed E-state index contributed by atoms with van der Waals surface area (Å²) in [6.07, 6.45) is 8.01. The molecule has 1 atom stereocenters. The molecule has 0 nitrogen and oxygen atoms in total. The Kier molecular flexibility index (Phi) is 10.0. The number of hydrogen-bond acceptors (Lipinski definition) is 0. The SMILES string of the molecule is CC(C)(C)c1ccc2c(c1)=[C]([Zr]=[C](c1ccccc1)c1ccccc1)C1=C(C3=CC=CC3)C(c3ccccc3)(C(C)(C)C)C(c3ccccc3)=C(c3ccccc3)C=21. The summed E-state index contributed by atoms with van der Waals surface area (Å²) < 4.78 is 3.09. The minimum atomic E-state index is -1.59. The van der Waals surface area contributed by atoms with Crippen LogP contribution >= 0.6 is 0 Å². The Morgan fingerprint density at radius 3 is 1.57 bits per heavy atom. The minimum absolute atomic E-state index is 0.00334. The zero-order valence-corrected chi connectivity index (χ0v) is 37.1. The first-order chi connectivity index (χ1) is 28.1. The van der Waals surface area contributed by atoms with E-state index in [1.54, 1.807) is 3.28 Å². The molecule has 1 heteroatoms. The van der Waals surface area contributed by atoms with Crippen LogP contribution in [0.1, 0.15) is 81.3 Å². The second kappa shape index (κ2) is 15.2. The molecule has 3 aliphatic rings. The fourth-order valence-corrected chi connectivity index (χ4v) is 13.7. The monoisotopic (exact) mass is 825 g/mol. The van der Waals surface area contributed by atoms with Gasteiger partial charge >= 0.3 is 359 Å². The standard InChI is InChI=1S/C44H41.C13H10.Zr/c1-42(2,3)35-26-27-36-33(28-35)29-37-39(36)38(30-18-10-7-11-19-30)41(32-20-12-8-13-21-32)44(43(4,5)6,34-24-14-9-15-25-34)40(37)31-22-16-17-23-31;1-3-7-12(8-4-1)11-13-9-5-2-6-10-13;/h7-22,24-28H,23H2,1-6H3;1-10H;. The number of fused-ring (bicyclic) bond motifs is 2. The van der Waals surface area contributed by atoms with Gasteiger partial charge in [0.1, 0.15) is 0 Å². The van der Waals surface area contributed by atoms with E-state index in [0.717, 1.165) is 6.42 Å². The molecule has 58 heavy (non-hydrogen) atoms. The van der Waals surface area contributed by atoms with Crippen LogP contribution in [0.5, 0.6) is 0 Å². The molecule has 0 amide bonds. The molecule has 0 saturated heterocycles. The molecule has 6 aromatic rings. The van der Waals surface area contributed by atoms with Gasteiger partial charge in [-0.2, -0.15) is 0 Å². The van der Waals surface area contributed by atoms with Crippen molar-refractivity contribution in [3.63, 3.8) is 0 Å². The summed E-state index contributed by atoms with van der Waals surface area (Å²) in [6, 6.07) is 64.2. The second-order valence-electron chi connectivity index (χ2n) is 17.9. The molecule has 283 valence electrons. The second-order valence-corrected chi connectivity index (χ2v) is 21.0. The van der Waals surface area contributed by atoms with Crippen LogP contribution < -0.4 is 10.4 Å². The van der Waals surface area contributed by atoms with Gasteiger partial charge in [0.05, 0.1) is 0 Å². The predicted molar refractivity (Wildman–Crippen MR) is 243 cm³/mol. The number of benzene rings is 6. The first-order valence-corrected chi connectivity index (χ1v) is 23.2. The molecule has 0 saturated carbocycles. The van der Waals surface area contributed by atoms with Crippen molar-refractivity contribution >= 4 is 23.2 Å². The van der Waals surface area contributed by atoms with Crippen LogP contribution in [0.15, 0.2) is 205 Å². The molecular formula is C57H51Zr. The molecule has 6 aromatic carbocycles. The molecule has 0 heterocycles. The van der Waals surface area contributed by atoms with Crippen LogP contribution in [-0.4, -0.2) is 3.21 Å². The van der Waals surface area contributed by atoms with Crippen LogP contribution in [0.4, 0.5) is 0 Å². The summed E-state index contributed by atoms with van der Waals surface area (Å²) in [6.45, 7) is 14.5. The maximum atomic E-state index is 2.59. The van der Waals surface area contributed by atoms with E-state index in [-0.39, 0.29) is 10.8 Å². The quantitative estimate of drug-likeness (QED) is 0.150. The van der Waals surface area contributed by atoms with Crippen LogP contribution in [-0.2, 0) is 33.6 Å². The third-order valence-electron chi connectivity index (χ3n) is 12.3. The molecule has 1 unspecified atom stereocenters. The van der Waals surface area contributed by atoms with E-state index >= 15 is 0 Å². The van der Waals surface area contributed by atoms with Gasteiger partial charge in [-0.1, -0.05) is 0 Å². The summed E-state index contributed by atoms with van der Waals surface area (Å²) in [5, 5.41) is 2.79. The van der Waals surface area contributed by atoms with Crippen molar-refractivity contribution in [2.24, 2.45) is 5.41 Å². The average molecular weight is 827 g/mol. The fraction of sp³-hybridized carbons (Fsp3) is 0.175. The number of hydrogen-bond donors (Lipinski definition) is 0. The Labute approximate surface area is 356 Å². The van der Waals surface area contributed by atoms with Crippen molar-refractivity contribution in [3.8, 4) is 0 Å². The van der Waals surface area contributed by atoms with E-state index in [1.165, 1.54) is 80.5 Å². The van der Waals surface area contributed by atoms with Crippen LogP contribution in [0.3, 0.4) is 0 Å². The van der Waals surface area contributed by atoms with E-state index in [1.807, 2.05) is 0 Å². The number of allylic oxidation sites excluding steroid dienone is 8. The van der Waals surface area contributed by atoms with Gasteiger partial charge in [0.25, 0.3) is 0 Å². The van der Waals surface area contributed by atoms with Crippen molar-refractivity contribution in [2.45, 2.75) is 58.8 Å². The molecule has 0 radical (unpaired) electrons. The summed E-state index contributed by atoms with van der Waals surface area (Å²) >= 11 is -1.59. The third kappa shape index (κ3) is 6.44. The fourth-order valence-electron chi connectivity index (χ4n) is 9.79. The van der Waals surface area contributed by atoms with Gasteiger partial charge in [-0.15, -0.1) is 0 Å². The average Bonchev–Trinajstić information content (AvgIpc) is 3.89. The van der Waals surface area contributed by atoms with E-state index in [2.05, 4.69) is 230 Å². The van der Waals surface area contributed by atoms with Gasteiger partial charge in [0.15, 0.2) is 0 Å². The van der Waals surface area contributed by atoms with Crippen molar-refractivity contribution in [1.82, 2.24) is 0 Å². The molecule has 9 rings (SSSR count). The van der Waals surface area contributed by atoms with Crippen molar-refractivity contribution < 1.29 is 22.8 Å². The Morgan fingerprint density at radius 2 is 1.05 bits per heavy atom. The zero-order chi connectivity index (χ0) is 40.1. The van der Waals surface area contributed by atoms with Gasteiger partial charge < -0.3 is 0 Å². The summed E-state index contributed by atoms with van der Waals surface area (Å²) in [4.78, 5) is 0. The van der Waals surface area contributed by atoms with Gasteiger partial charge in [-0.25, -0.2) is 0 Å². The Bertz CT molecular complexity index is 2760. The van der Waals surface area contributed by atoms with E-state index in [4.69, 9.17) is 0 Å². The molecule has 0 spiro atoms. The molecular weight excluding hydrogens is 776 g/mol. The van der Waals surface area contributed by atoms with Crippen molar-refractivity contribution in [1.29, 1.82) is 0 Å². The Balaban J connectivity index is 1.59. The summed E-state index contributed by atoms with van der Waals surface area (Å²) in [7, 11) is 0. The van der Waals surface area contributed by atoms with E-state index in [0.29, 0.717) is 0 Å². The molecule has 3 aliphatic carbocycles. The van der Waals surface area contributed by atoms with Gasteiger partial charge in [-0.3, -0.25) is 0 Å². The van der Waals surface area contributed by atoms with Crippen LogP contribution in [0.2, 0.25) is 0 Å². The van der Waals surface area contributed by atoms with Gasteiger partial charge in [-0.05, 0) is 0 Å². The van der Waals surface area contributed by atoms with E-state index in [9.17, 15) is 0 Å². The van der Waals surface area contributed by atoms with Gasteiger partial charge in [0, 0.05) is 0 Å². The topological polar surface area (TPSA) is 0 Å². The van der Waals surface area contributed by atoms with Crippen molar-refractivity contribution in [2.75, 3.05) is 0 Å². The Hall–Kier alpha value is -5.23. The van der Waals surface area contributed by atoms with Gasteiger partial charge in [0.2, 0.25) is 0 Å². The van der Waals surface area contributed by atoms with Crippen LogP contribution in [0, 0.1) is 5.41 Å². The van der Waals surface area contributed by atoms with Crippen LogP contribution in [0.25, 0.3) is 20.0 Å². The normalized spacial score (nSPS) is 17.6. The third-order valence-corrected chi connectivity index (χ3v) is 16.3. The summed E-state index contributed by atoms with van der Waals surface area (Å²) in [5.41, 5.74) is 15.7.